The zero-order valence-electron chi connectivity index (χ0n) is 12.7. The predicted molar refractivity (Wildman–Crippen MR) is 86.0 cm³/mol. The van der Waals surface area contributed by atoms with Gasteiger partial charge in [0.1, 0.15) is 0 Å². The normalized spacial score (nSPS) is 18.4. The first-order chi connectivity index (χ1) is 10.7. The summed E-state index contributed by atoms with van der Waals surface area (Å²) in [5.41, 5.74) is 2.90. The minimum Gasteiger partial charge on any atom is -0.275 e. The lowest BCUT2D eigenvalue weighted by Crippen LogP contribution is -2.31. The fourth-order valence-electron chi connectivity index (χ4n) is 3.15. The zero-order chi connectivity index (χ0) is 15.4. The minimum absolute atomic E-state index is 0.174. The first-order valence-corrected chi connectivity index (χ1v) is 8.00. The molecule has 22 heavy (non-hydrogen) atoms. The number of carbonyl (C=O) groups is 2. The van der Waals surface area contributed by atoms with Gasteiger partial charge in [-0.15, -0.1) is 0 Å². The van der Waals surface area contributed by atoms with E-state index in [-0.39, 0.29) is 11.8 Å². The van der Waals surface area contributed by atoms with Crippen molar-refractivity contribution in [2.75, 3.05) is 6.54 Å². The van der Waals surface area contributed by atoms with E-state index in [0.29, 0.717) is 12.5 Å². The van der Waals surface area contributed by atoms with E-state index < -0.39 is 0 Å². The second kappa shape index (κ2) is 6.73. The second-order valence-corrected chi connectivity index (χ2v) is 6.01. The molecule has 1 aliphatic carbocycles. The molecule has 0 N–H and O–H groups in total. The molecule has 0 aromatic heterocycles. The summed E-state index contributed by atoms with van der Waals surface area (Å²) in [5.74, 6) is 0.192. The topological polar surface area (TPSA) is 37.4 Å². The largest absolute Gasteiger partial charge is 0.275 e. The molecule has 0 radical (unpaired) electrons. The maximum absolute atomic E-state index is 11.6. The molecule has 1 aromatic carbocycles. The van der Waals surface area contributed by atoms with Crippen LogP contribution in [-0.4, -0.2) is 23.3 Å². The van der Waals surface area contributed by atoms with Crippen LogP contribution in [0.5, 0.6) is 0 Å². The van der Waals surface area contributed by atoms with Crippen molar-refractivity contribution in [3.05, 3.63) is 59.7 Å². The third-order valence-corrected chi connectivity index (χ3v) is 4.52. The molecule has 1 unspecified atom stereocenters. The van der Waals surface area contributed by atoms with Gasteiger partial charge in [0.2, 0.25) is 0 Å². The van der Waals surface area contributed by atoms with Crippen LogP contribution < -0.4 is 0 Å². The van der Waals surface area contributed by atoms with E-state index >= 15 is 0 Å². The van der Waals surface area contributed by atoms with Gasteiger partial charge in [-0.2, -0.15) is 0 Å². The van der Waals surface area contributed by atoms with Crippen molar-refractivity contribution in [3.8, 4) is 0 Å². The van der Waals surface area contributed by atoms with Crippen LogP contribution in [0.1, 0.15) is 31.2 Å². The summed E-state index contributed by atoms with van der Waals surface area (Å²) in [6.45, 7) is 0.531. The van der Waals surface area contributed by atoms with Crippen molar-refractivity contribution in [3.63, 3.8) is 0 Å². The number of hydrogen-bond donors (Lipinski definition) is 0. The highest BCUT2D eigenvalue weighted by atomic mass is 16.2. The monoisotopic (exact) mass is 295 g/mol. The standard InChI is InChI=1S/C19H21NO2/c21-18-11-12-19(22)20(18)13-5-10-17(16-8-4-9-16)14-15-6-2-1-3-7-15/h1-3,6-8,11-12,17H,4-5,9-10,13-14H2. The molecular weight excluding hydrogens is 274 g/mol. The number of rotatable bonds is 7. The van der Waals surface area contributed by atoms with Crippen molar-refractivity contribution >= 4 is 11.8 Å². The quantitative estimate of drug-likeness (QED) is 0.572. The van der Waals surface area contributed by atoms with E-state index in [4.69, 9.17) is 0 Å². The van der Waals surface area contributed by atoms with Crippen molar-refractivity contribution in [2.45, 2.75) is 32.1 Å². The average molecular weight is 295 g/mol. The molecule has 2 amide bonds. The van der Waals surface area contributed by atoms with Crippen LogP contribution in [-0.2, 0) is 16.0 Å². The number of amides is 2. The van der Waals surface area contributed by atoms with Gasteiger partial charge < -0.3 is 0 Å². The van der Waals surface area contributed by atoms with Crippen LogP contribution in [0.3, 0.4) is 0 Å². The zero-order valence-corrected chi connectivity index (χ0v) is 12.7. The summed E-state index contributed by atoms with van der Waals surface area (Å²) in [7, 11) is 0. The summed E-state index contributed by atoms with van der Waals surface area (Å²) < 4.78 is 0. The number of imide groups is 1. The van der Waals surface area contributed by atoms with E-state index in [1.165, 1.54) is 35.5 Å². The third kappa shape index (κ3) is 3.35. The number of carbonyl (C=O) groups excluding carboxylic acids is 2. The highest BCUT2D eigenvalue weighted by Crippen LogP contribution is 2.32. The van der Waals surface area contributed by atoms with Crippen molar-refractivity contribution in [1.29, 1.82) is 0 Å². The summed E-state index contributed by atoms with van der Waals surface area (Å²) in [4.78, 5) is 24.5. The molecule has 0 spiro atoms. The third-order valence-electron chi connectivity index (χ3n) is 4.52. The van der Waals surface area contributed by atoms with Crippen LogP contribution in [0.4, 0.5) is 0 Å². The number of nitrogens with zero attached hydrogens (tertiary/aromatic N) is 1. The van der Waals surface area contributed by atoms with Gasteiger partial charge in [0.15, 0.2) is 0 Å². The fourth-order valence-corrected chi connectivity index (χ4v) is 3.15. The lowest BCUT2D eigenvalue weighted by atomic mass is 9.80. The number of benzene rings is 1. The van der Waals surface area contributed by atoms with E-state index in [0.717, 1.165) is 19.3 Å². The van der Waals surface area contributed by atoms with E-state index in [2.05, 4.69) is 30.3 Å². The molecule has 1 aliphatic heterocycles. The molecule has 0 saturated heterocycles. The van der Waals surface area contributed by atoms with Gasteiger partial charge >= 0.3 is 0 Å². The molecule has 0 fully saturated rings. The molecule has 3 heteroatoms. The molecule has 0 bridgehead atoms. The Morgan fingerprint density at radius 1 is 1.05 bits per heavy atom. The van der Waals surface area contributed by atoms with Crippen molar-refractivity contribution in [2.24, 2.45) is 5.92 Å². The lowest BCUT2D eigenvalue weighted by molar-refractivity contribution is -0.136. The minimum atomic E-state index is -0.174. The maximum Gasteiger partial charge on any atom is 0.253 e. The Morgan fingerprint density at radius 2 is 1.73 bits per heavy atom. The molecule has 0 saturated carbocycles. The summed E-state index contributed by atoms with van der Waals surface area (Å²) in [6, 6.07) is 10.5. The molecule has 3 rings (SSSR count). The molecular formula is C19H21NO2. The van der Waals surface area contributed by atoms with E-state index in [9.17, 15) is 9.59 Å². The van der Waals surface area contributed by atoms with E-state index in [1.807, 2.05) is 6.07 Å². The van der Waals surface area contributed by atoms with Crippen molar-refractivity contribution in [1.82, 2.24) is 4.90 Å². The van der Waals surface area contributed by atoms with Crippen LogP contribution in [0.15, 0.2) is 54.1 Å². The highest BCUT2D eigenvalue weighted by molar-refractivity contribution is 6.12. The molecule has 114 valence electrons. The predicted octanol–water partition coefficient (Wildman–Crippen LogP) is 3.27. The lowest BCUT2D eigenvalue weighted by Gasteiger charge is -2.26. The van der Waals surface area contributed by atoms with Gasteiger partial charge in [-0.3, -0.25) is 14.5 Å². The van der Waals surface area contributed by atoms with Gasteiger partial charge in [0.25, 0.3) is 11.8 Å². The molecule has 3 nitrogen and oxygen atoms in total. The fraction of sp³-hybridized carbons (Fsp3) is 0.368. The summed E-state index contributed by atoms with van der Waals surface area (Å²) in [6.07, 6.45) is 10.4. The summed E-state index contributed by atoms with van der Waals surface area (Å²) in [5, 5.41) is 0. The molecule has 2 aliphatic rings. The van der Waals surface area contributed by atoms with Crippen LogP contribution in [0.25, 0.3) is 0 Å². The smallest absolute Gasteiger partial charge is 0.253 e. The Hall–Kier alpha value is -2.16. The van der Waals surface area contributed by atoms with Crippen LogP contribution >= 0.6 is 0 Å². The Labute approximate surface area is 131 Å². The number of allylic oxidation sites excluding steroid dienone is 2. The molecule has 1 atom stereocenters. The highest BCUT2D eigenvalue weighted by Gasteiger charge is 2.24. The van der Waals surface area contributed by atoms with Gasteiger partial charge in [0, 0.05) is 18.7 Å². The second-order valence-electron chi connectivity index (χ2n) is 6.01. The Bertz CT molecular complexity index is 598. The van der Waals surface area contributed by atoms with E-state index in [1.54, 1.807) is 5.57 Å². The Kier molecular flexibility index (Phi) is 4.52. The van der Waals surface area contributed by atoms with Gasteiger partial charge in [0.05, 0.1) is 0 Å². The molecule has 1 heterocycles. The summed E-state index contributed by atoms with van der Waals surface area (Å²) >= 11 is 0. The Balaban J connectivity index is 1.55. The van der Waals surface area contributed by atoms with Gasteiger partial charge in [-0.1, -0.05) is 42.0 Å². The first-order valence-electron chi connectivity index (χ1n) is 8.00. The molecule has 1 aromatic rings. The SMILES string of the molecule is O=C1C=CC(=O)N1CCCC(Cc1ccccc1)C1=CCC1. The van der Waals surface area contributed by atoms with Crippen LogP contribution in [0.2, 0.25) is 0 Å². The first kappa shape index (κ1) is 14.8. The van der Waals surface area contributed by atoms with Gasteiger partial charge in [-0.25, -0.2) is 0 Å². The Morgan fingerprint density at radius 3 is 2.32 bits per heavy atom. The number of hydrogen-bond acceptors (Lipinski definition) is 2. The maximum atomic E-state index is 11.6. The van der Waals surface area contributed by atoms with Crippen molar-refractivity contribution < 1.29 is 9.59 Å². The van der Waals surface area contributed by atoms with Gasteiger partial charge in [-0.05, 0) is 43.6 Å². The van der Waals surface area contributed by atoms with Crippen LogP contribution in [0, 0.1) is 5.92 Å². The average Bonchev–Trinajstić information content (AvgIpc) is 2.78.